The lowest BCUT2D eigenvalue weighted by Gasteiger charge is -2.10. The molecule has 0 aromatic rings. The molecule has 0 bridgehead atoms. The van der Waals surface area contributed by atoms with Gasteiger partial charge in [-0.25, -0.2) is 0 Å². The molecular weight excluding hydrogens is 180 g/mol. The quantitative estimate of drug-likeness (QED) is 0.595. The van der Waals surface area contributed by atoms with Gasteiger partial charge in [0.15, 0.2) is 11.3 Å². The minimum Gasteiger partial charge on any atom is -0.368 e. The number of rotatable bonds is 0. The smallest absolute Gasteiger partial charge is 0.224 e. The lowest BCUT2D eigenvalue weighted by atomic mass is 10.2. The highest BCUT2D eigenvalue weighted by Crippen LogP contribution is 2.13. The summed E-state index contributed by atoms with van der Waals surface area (Å²) >= 11 is 0. The summed E-state index contributed by atoms with van der Waals surface area (Å²) in [5.41, 5.74) is 7.06. The Morgan fingerprint density at radius 2 is 2.14 bits per heavy atom. The zero-order valence-corrected chi connectivity index (χ0v) is 7.94. The second-order valence-corrected chi connectivity index (χ2v) is 3.08. The SMILES string of the molecule is Cc1cc2c(=N)nc(N)nc-2n(C)n1. The van der Waals surface area contributed by atoms with Crippen LogP contribution in [0.4, 0.5) is 5.95 Å². The molecule has 0 aromatic carbocycles. The maximum atomic E-state index is 7.63. The fraction of sp³-hybridized carbons (Fsp3) is 0.250. The Morgan fingerprint density at radius 3 is 2.86 bits per heavy atom. The number of aryl methyl sites for hydroxylation is 2. The van der Waals surface area contributed by atoms with Crippen molar-refractivity contribution in [3.05, 3.63) is 17.2 Å². The molecule has 6 nitrogen and oxygen atoms in total. The van der Waals surface area contributed by atoms with Gasteiger partial charge in [-0.1, -0.05) is 0 Å². The van der Waals surface area contributed by atoms with Gasteiger partial charge in [-0.3, -0.25) is 10.1 Å². The predicted molar refractivity (Wildman–Crippen MR) is 50.4 cm³/mol. The molecule has 0 amide bonds. The summed E-state index contributed by atoms with van der Waals surface area (Å²) < 4.78 is 1.60. The number of fused-ring (bicyclic) bond motifs is 1. The van der Waals surface area contributed by atoms with Crippen molar-refractivity contribution in [2.75, 3.05) is 5.73 Å². The van der Waals surface area contributed by atoms with Gasteiger partial charge < -0.3 is 5.73 Å². The van der Waals surface area contributed by atoms with Crippen molar-refractivity contribution in [2.45, 2.75) is 6.92 Å². The van der Waals surface area contributed by atoms with Crippen LogP contribution in [0.5, 0.6) is 0 Å². The van der Waals surface area contributed by atoms with Gasteiger partial charge in [0, 0.05) is 7.05 Å². The monoisotopic (exact) mass is 190 g/mol. The molecule has 2 rings (SSSR count). The van der Waals surface area contributed by atoms with Gasteiger partial charge in [0.05, 0.1) is 11.3 Å². The Kier molecular flexibility index (Phi) is 1.70. The number of hydrogen-bond donors (Lipinski definition) is 2. The maximum absolute atomic E-state index is 7.63. The molecule has 0 saturated heterocycles. The van der Waals surface area contributed by atoms with E-state index in [9.17, 15) is 0 Å². The van der Waals surface area contributed by atoms with E-state index < -0.39 is 0 Å². The van der Waals surface area contributed by atoms with Crippen LogP contribution in [0.3, 0.4) is 0 Å². The first-order chi connectivity index (χ1) is 6.58. The molecule has 0 spiro atoms. The number of anilines is 1. The maximum Gasteiger partial charge on any atom is 0.224 e. The number of nitrogens with one attached hydrogen (secondary N) is 1. The van der Waals surface area contributed by atoms with E-state index in [0.717, 1.165) is 5.69 Å². The normalized spacial score (nSPS) is 10.7. The minimum absolute atomic E-state index is 0.101. The van der Waals surface area contributed by atoms with Crippen molar-refractivity contribution in [3.8, 4) is 11.4 Å². The summed E-state index contributed by atoms with van der Waals surface area (Å²) in [6.07, 6.45) is 0. The number of hydrogen-bond acceptors (Lipinski definition) is 5. The molecule has 0 saturated carbocycles. The Hall–Kier alpha value is -1.98. The van der Waals surface area contributed by atoms with E-state index in [4.69, 9.17) is 11.1 Å². The Bertz CT molecular complexity index is 514. The summed E-state index contributed by atoms with van der Waals surface area (Å²) in [6, 6.07) is 1.77. The Morgan fingerprint density at radius 1 is 1.43 bits per heavy atom. The average Bonchev–Trinajstić information content (AvgIpc) is 2.07. The largest absolute Gasteiger partial charge is 0.368 e. The van der Waals surface area contributed by atoms with Gasteiger partial charge >= 0.3 is 0 Å². The van der Waals surface area contributed by atoms with Crippen molar-refractivity contribution in [2.24, 2.45) is 7.05 Å². The van der Waals surface area contributed by atoms with E-state index in [1.165, 1.54) is 0 Å². The first-order valence-corrected chi connectivity index (χ1v) is 4.10. The fourth-order valence-corrected chi connectivity index (χ4v) is 1.38. The Labute approximate surface area is 80.3 Å². The van der Waals surface area contributed by atoms with Crippen LogP contribution >= 0.6 is 0 Å². The topological polar surface area (TPSA) is 93.5 Å². The number of nitrogens with zero attached hydrogens (tertiary/aromatic N) is 4. The first-order valence-electron chi connectivity index (χ1n) is 4.10. The van der Waals surface area contributed by atoms with Crippen LogP contribution in [0.15, 0.2) is 6.07 Å². The van der Waals surface area contributed by atoms with Crippen LogP contribution in [-0.2, 0) is 7.05 Å². The van der Waals surface area contributed by atoms with E-state index in [1.54, 1.807) is 17.8 Å². The third kappa shape index (κ3) is 1.20. The molecule has 0 fully saturated rings. The summed E-state index contributed by atoms with van der Waals surface area (Å²) in [7, 11) is 1.77. The van der Waals surface area contributed by atoms with Crippen molar-refractivity contribution in [1.29, 1.82) is 5.41 Å². The van der Waals surface area contributed by atoms with Crippen LogP contribution in [0.25, 0.3) is 11.4 Å². The molecule has 2 aliphatic heterocycles. The predicted octanol–water partition coefficient (Wildman–Crippen LogP) is -0.315. The van der Waals surface area contributed by atoms with Gasteiger partial charge in [-0.2, -0.15) is 15.1 Å². The van der Waals surface area contributed by atoms with E-state index in [2.05, 4.69) is 15.1 Å². The highest BCUT2D eigenvalue weighted by atomic mass is 15.3. The number of aromatic nitrogens is 4. The number of nitrogen functional groups attached to an aromatic ring is 1. The summed E-state index contributed by atoms with van der Waals surface area (Å²) in [4.78, 5) is 7.80. The van der Waals surface area contributed by atoms with E-state index in [1.807, 2.05) is 6.92 Å². The van der Waals surface area contributed by atoms with Crippen molar-refractivity contribution < 1.29 is 0 Å². The molecule has 14 heavy (non-hydrogen) atoms. The van der Waals surface area contributed by atoms with Crippen LogP contribution in [-0.4, -0.2) is 19.7 Å². The molecule has 2 aliphatic rings. The molecule has 0 aromatic heterocycles. The van der Waals surface area contributed by atoms with Gasteiger partial charge in [-0.15, -0.1) is 0 Å². The second kappa shape index (κ2) is 2.76. The second-order valence-electron chi connectivity index (χ2n) is 3.08. The standard InChI is InChI=1S/C8H10N6/c1-4-3-5-6(9)11-8(10)12-7(5)14(2)13-4/h3H,1-2H3,(H3,9,10,11). The first kappa shape index (κ1) is 8.61. The molecular formula is C8H10N6. The van der Waals surface area contributed by atoms with E-state index in [0.29, 0.717) is 11.4 Å². The molecule has 6 heteroatoms. The van der Waals surface area contributed by atoms with Gasteiger partial charge in [-0.05, 0) is 13.0 Å². The molecule has 3 N–H and O–H groups in total. The summed E-state index contributed by atoms with van der Waals surface area (Å²) in [5.74, 6) is 0.678. The lowest BCUT2D eigenvalue weighted by Crippen LogP contribution is -2.20. The molecule has 0 radical (unpaired) electrons. The van der Waals surface area contributed by atoms with Crippen LogP contribution < -0.4 is 11.2 Å². The van der Waals surface area contributed by atoms with Crippen molar-refractivity contribution in [3.63, 3.8) is 0 Å². The van der Waals surface area contributed by atoms with Gasteiger partial charge in [0.25, 0.3) is 0 Å². The van der Waals surface area contributed by atoms with Crippen molar-refractivity contribution in [1.82, 2.24) is 19.7 Å². The molecule has 0 aliphatic carbocycles. The highest BCUT2D eigenvalue weighted by Gasteiger charge is 2.11. The molecule has 0 unspecified atom stereocenters. The minimum atomic E-state index is 0.101. The summed E-state index contributed by atoms with van der Waals surface area (Å²) in [6.45, 7) is 1.86. The average molecular weight is 190 g/mol. The van der Waals surface area contributed by atoms with Crippen LogP contribution in [0, 0.1) is 12.3 Å². The van der Waals surface area contributed by atoms with Crippen LogP contribution in [0.2, 0.25) is 0 Å². The number of nitrogens with two attached hydrogens (primary N) is 1. The highest BCUT2D eigenvalue weighted by molar-refractivity contribution is 5.55. The fourth-order valence-electron chi connectivity index (χ4n) is 1.38. The van der Waals surface area contributed by atoms with Gasteiger partial charge in [0.1, 0.15) is 0 Å². The zero-order valence-electron chi connectivity index (χ0n) is 7.94. The zero-order chi connectivity index (χ0) is 10.3. The third-order valence-corrected chi connectivity index (χ3v) is 1.91. The van der Waals surface area contributed by atoms with E-state index >= 15 is 0 Å². The molecule has 0 atom stereocenters. The van der Waals surface area contributed by atoms with E-state index in [-0.39, 0.29) is 11.4 Å². The third-order valence-electron chi connectivity index (χ3n) is 1.91. The lowest BCUT2D eigenvalue weighted by molar-refractivity contribution is 0.709. The summed E-state index contributed by atoms with van der Waals surface area (Å²) in [5, 5.41) is 11.8. The van der Waals surface area contributed by atoms with Gasteiger partial charge in [0.2, 0.25) is 5.95 Å². The molecule has 72 valence electrons. The van der Waals surface area contributed by atoms with Crippen molar-refractivity contribution >= 4 is 5.95 Å². The Balaban J connectivity index is 2.93. The van der Waals surface area contributed by atoms with Crippen LogP contribution in [0.1, 0.15) is 5.69 Å². The molecule has 2 heterocycles.